The summed E-state index contributed by atoms with van der Waals surface area (Å²) in [6, 6.07) is 5.46. The molecular formula is C25H28O6. The van der Waals surface area contributed by atoms with Gasteiger partial charge in [-0.15, -0.1) is 0 Å². The van der Waals surface area contributed by atoms with E-state index in [4.69, 9.17) is 9.47 Å². The zero-order valence-corrected chi connectivity index (χ0v) is 18.1. The lowest BCUT2D eigenvalue weighted by molar-refractivity contribution is -0.149. The molecule has 1 aromatic carbocycles. The van der Waals surface area contributed by atoms with E-state index in [-0.39, 0.29) is 28.8 Å². The highest BCUT2D eigenvalue weighted by molar-refractivity contribution is 5.76. The van der Waals surface area contributed by atoms with Crippen molar-refractivity contribution >= 4 is 12.3 Å². The van der Waals surface area contributed by atoms with Crippen molar-refractivity contribution in [3.63, 3.8) is 0 Å². The van der Waals surface area contributed by atoms with Crippen LogP contribution >= 0.6 is 0 Å². The number of carboxylic acids is 1. The van der Waals surface area contributed by atoms with Crippen LogP contribution in [0.4, 0.5) is 0 Å². The van der Waals surface area contributed by atoms with Gasteiger partial charge in [0.1, 0.15) is 29.6 Å². The van der Waals surface area contributed by atoms with E-state index in [0.717, 1.165) is 30.6 Å². The third-order valence-corrected chi connectivity index (χ3v) is 8.95. The van der Waals surface area contributed by atoms with E-state index in [2.05, 4.69) is 20.8 Å². The summed E-state index contributed by atoms with van der Waals surface area (Å²) in [6.45, 7) is 6.50. The number of aldehydes is 1. The van der Waals surface area contributed by atoms with Gasteiger partial charge >= 0.3 is 5.97 Å². The van der Waals surface area contributed by atoms with Gasteiger partial charge in [-0.2, -0.15) is 0 Å². The number of hydrogen-bond acceptors (Lipinski definition) is 5. The number of carbonyl (C=O) groups excluding carboxylic acids is 1. The SMILES string of the molecule is CC12CCC(C1)C1(C)Oc3ccc(C4(O)C(OCC=O)=CC=CC4C(=O)O)cc3C21C. The Balaban J connectivity index is 1.66. The Hall–Kier alpha value is -2.60. The van der Waals surface area contributed by atoms with E-state index in [1.807, 2.05) is 12.1 Å². The molecule has 4 aliphatic rings. The first-order valence-electron chi connectivity index (χ1n) is 10.9. The fourth-order valence-electron chi connectivity index (χ4n) is 6.96. The predicted octanol–water partition coefficient (Wildman–Crippen LogP) is 3.47. The van der Waals surface area contributed by atoms with Crippen molar-refractivity contribution in [2.75, 3.05) is 6.61 Å². The van der Waals surface area contributed by atoms with Crippen molar-refractivity contribution in [3.8, 4) is 5.75 Å². The Morgan fingerprint density at radius 3 is 2.81 bits per heavy atom. The van der Waals surface area contributed by atoms with E-state index in [1.165, 1.54) is 12.2 Å². The molecule has 0 amide bonds. The molecule has 0 radical (unpaired) electrons. The first-order chi connectivity index (χ1) is 14.6. The van der Waals surface area contributed by atoms with Gasteiger partial charge in [0.2, 0.25) is 0 Å². The van der Waals surface area contributed by atoms with Gasteiger partial charge in [0.05, 0.1) is 0 Å². The highest BCUT2D eigenvalue weighted by Gasteiger charge is 2.74. The van der Waals surface area contributed by atoms with Crippen molar-refractivity contribution in [2.45, 2.75) is 56.7 Å². The smallest absolute Gasteiger partial charge is 0.314 e. The first-order valence-corrected chi connectivity index (χ1v) is 10.9. The largest absolute Gasteiger partial charge is 0.487 e. The summed E-state index contributed by atoms with van der Waals surface area (Å²) in [4.78, 5) is 23.0. The first kappa shape index (κ1) is 20.3. The summed E-state index contributed by atoms with van der Waals surface area (Å²) in [5, 5.41) is 21.6. The maximum absolute atomic E-state index is 12.1. The normalized spacial score (nSPS) is 41.9. The van der Waals surface area contributed by atoms with Gasteiger partial charge in [-0.05, 0) is 61.3 Å². The average Bonchev–Trinajstić information content (AvgIpc) is 3.30. The van der Waals surface area contributed by atoms with Crippen LogP contribution in [0.2, 0.25) is 0 Å². The third kappa shape index (κ3) is 2.26. The standard InChI is InChI=1S/C25H28O6/c1-22-10-9-16(14-22)24(3)23(22,2)18-13-15(7-8-19(18)31-24)25(29)17(21(27)28)5-4-6-20(25)30-12-11-26/h4-8,11,13,16-17,29H,9-10,12,14H2,1-3H3,(H,27,28). The zero-order chi connectivity index (χ0) is 22.2. The van der Waals surface area contributed by atoms with Crippen LogP contribution in [0.15, 0.2) is 42.2 Å². The summed E-state index contributed by atoms with van der Waals surface area (Å²) in [6.07, 6.45) is 8.46. The van der Waals surface area contributed by atoms with Crippen molar-refractivity contribution in [2.24, 2.45) is 17.3 Å². The Morgan fingerprint density at radius 2 is 2.10 bits per heavy atom. The molecule has 2 fully saturated rings. The number of carboxylic acid groups (broad SMARTS) is 1. The minimum absolute atomic E-state index is 0.0560. The van der Waals surface area contributed by atoms with Crippen molar-refractivity contribution in [3.05, 3.63) is 53.3 Å². The van der Waals surface area contributed by atoms with Crippen molar-refractivity contribution < 1.29 is 29.3 Å². The molecule has 6 atom stereocenters. The minimum Gasteiger partial charge on any atom is -0.487 e. The number of benzene rings is 1. The third-order valence-electron chi connectivity index (χ3n) is 8.95. The van der Waals surface area contributed by atoms with Crippen LogP contribution in [0, 0.1) is 17.3 Å². The van der Waals surface area contributed by atoms with Crippen LogP contribution in [0.25, 0.3) is 0 Å². The van der Waals surface area contributed by atoms with Crippen LogP contribution in [-0.4, -0.2) is 34.7 Å². The number of fused-ring (bicyclic) bond motifs is 7. The Morgan fingerprint density at radius 1 is 1.32 bits per heavy atom. The summed E-state index contributed by atoms with van der Waals surface area (Å²) < 4.78 is 12.1. The highest BCUT2D eigenvalue weighted by Crippen LogP contribution is 2.73. The Labute approximate surface area is 181 Å². The minimum atomic E-state index is -1.92. The average molecular weight is 424 g/mol. The summed E-state index contributed by atoms with van der Waals surface area (Å²) in [5.41, 5.74) is -0.979. The number of ether oxygens (including phenoxy) is 2. The fourth-order valence-corrected chi connectivity index (χ4v) is 6.96. The van der Waals surface area contributed by atoms with E-state index >= 15 is 0 Å². The van der Waals surface area contributed by atoms with Gasteiger partial charge in [0.25, 0.3) is 0 Å². The second-order valence-electron chi connectivity index (χ2n) is 10.0. The number of allylic oxidation sites excluding steroid dienone is 2. The molecule has 0 spiro atoms. The summed E-state index contributed by atoms with van der Waals surface area (Å²) >= 11 is 0. The predicted molar refractivity (Wildman–Crippen MR) is 113 cm³/mol. The maximum atomic E-state index is 12.1. The topological polar surface area (TPSA) is 93.1 Å². The van der Waals surface area contributed by atoms with Crippen LogP contribution < -0.4 is 4.74 Å². The van der Waals surface area contributed by atoms with Gasteiger partial charge in [0.15, 0.2) is 11.9 Å². The fraction of sp³-hybridized carbons (Fsp3) is 0.520. The van der Waals surface area contributed by atoms with E-state index in [9.17, 15) is 19.8 Å². The van der Waals surface area contributed by atoms with Gasteiger partial charge < -0.3 is 19.7 Å². The molecule has 6 nitrogen and oxygen atoms in total. The molecule has 31 heavy (non-hydrogen) atoms. The summed E-state index contributed by atoms with van der Waals surface area (Å²) in [7, 11) is 0. The molecule has 164 valence electrons. The second-order valence-corrected chi connectivity index (χ2v) is 10.0. The molecule has 1 aromatic rings. The van der Waals surface area contributed by atoms with Gasteiger partial charge in [0, 0.05) is 11.0 Å². The molecule has 0 saturated heterocycles. The Kier molecular flexibility index (Phi) is 4.08. The van der Waals surface area contributed by atoms with Crippen LogP contribution in [0.5, 0.6) is 5.75 Å². The van der Waals surface area contributed by atoms with Gasteiger partial charge in [-0.25, -0.2) is 0 Å². The lowest BCUT2D eigenvalue weighted by Gasteiger charge is -2.48. The molecular weight excluding hydrogens is 396 g/mol. The molecule has 2 N–H and O–H groups in total. The maximum Gasteiger partial charge on any atom is 0.314 e. The quantitative estimate of drug-likeness (QED) is 0.703. The number of carbonyl (C=O) groups is 2. The number of hydrogen-bond donors (Lipinski definition) is 2. The molecule has 3 aliphatic carbocycles. The molecule has 6 heteroatoms. The van der Waals surface area contributed by atoms with E-state index < -0.39 is 17.5 Å². The lowest BCUT2D eigenvalue weighted by Crippen LogP contribution is -2.54. The van der Waals surface area contributed by atoms with Gasteiger partial charge in [-0.1, -0.05) is 32.1 Å². The van der Waals surface area contributed by atoms with Gasteiger partial charge in [-0.3, -0.25) is 9.59 Å². The number of rotatable bonds is 5. The zero-order valence-electron chi connectivity index (χ0n) is 18.1. The Bertz CT molecular complexity index is 1040. The molecule has 0 aromatic heterocycles. The monoisotopic (exact) mass is 424 g/mol. The second kappa shape index (κ2) is 6.22. The molecule has 6 unspecified atom stereocenters. The van der Waals surface area contributed by atoms with E-state index in [0.29, 0.717) is 17.8 Å². The number of aliphatic hydroxyl groups is 1. The molecule has 2 saturated carbocycles. The number of aliphatic carboxylic acids is 1. The van der Waals surface area contributed by atoms with Crippen molar-refractivity contribution in [1.82, 2.24) is 0 Å². The molecule has 5 rings (SSSR count). The van der Waals surface area contributed by atoms with E-state index in [1.54, 1.807) is 12.1 Å². The van der Waals surface area contributed by atoms with Crippen molar-refractivity contribution in [1.29, 1.82) is 0 Å². The summed E-state index contributed by atoms with van der Waals surface area (Å²) in [5.74, 6) is -1.08. The lowest BCUT2D eigenvalue weighted by atomic mass is 9.56. The molecule has 1 heterocycles. The van der Waals surface area contributed by atoms with Crippen LogP contribution in [0.3, 0.4) is 0 Å². The highest BCUT2D eigenvalue weighted by atomic mass is 16.5. The van der Waals surface area contributed by atoms with Crippen LogP contribution in [0.1, 0.15) is 51.2 Å². The molecule has 1 aliphatic heterocycles. The molecule has 2 bridgehead atoms. The van der Waals surface area contributed by atoms with Crippen LogP contribution in [-0.2, 0) is 25.3 Å².